The number of nitrogens with one attached hydrogen (secondary N) is 1. The quantitative estimate of drug-likeness (QED) is 0.419. The molecule has 1 atom stereocenters. The maximum absolute atomic E-state index is 13.7. The molecule has 1 amide bonds. The number of ether oxygens (including phenoxy) is 2. The van der Waals surface area contributed by atoms with Crippen molar-refractivity contribution in [2.75, 3.05) is 32.6 Å². The molecule has 0 radical (unpaired) electrons. The van der Waals surface area contributed by atoms with Gasteiger partial charge in [0, 0.05) is 36.6 Å². The molecule has 0 spiro atoms. The largest absolute Gasteiger partial charge is 0.493 e. The molecule has 1 unspecified atom stereocenters. The summed E-state index contributed by atoms with van der Waals surface area (Å²) in [7, 11) is 3.21. The van der Waals surface area contributed by atoms with Gasteiger partial charge in [-0.15, -0.1) is 0 Å². The fourth-order valence-corrected chi connectivity index (χ4v) is 4.44. The van der Waals surface area contributed by atoms with E-state index in [1.54, 1.807) is 18.9 Å². The van der Waals surface area contributed by atoms with Crippen LogP contribution in [0.3, 0.4) is 0 Å². The summed E-state index contributed by atoms with van der Waals surface area (Å²) in [6.45, 7) is 1.30. The van der Waals surface area contributed by atoms with Crippen LogP contribution >= 0.6 is 0 Å². The molecule has 0 saturated carbocycles. The van der Waals surface area contributed by atoms with Gasteiger partial charge in [-0.3, -0.25) is 4.79 Å². The lowest BCUT2D eigenvalue weighted by atomic mass is 10.0. The molecule has 1 aliphatic rings. The molecule has 7 nitrogen and oxygen atoms in total. The SMILES string of the molecule is COc1ccc(-c2cn(-c3ccccc3)nc2C(=O)N2CCC(Nc3ccccc3)C2)cc1OC. The zero-order valence-electron chi connectivity index (χ0n) is 19.8. The molecule has 2 heterocycles. The highest BCUT2D eigenvalue weighted by molar-refractivity contribution is 5.99. The minimum atomic E-state index is -0.0816. The van der Waals surface area contributed by atoms with Gasteiger partial charge in [0.05, 0.1) is 19.9 Å². The van der Waals surface area contributed by atoms with Crippen LogP contribution < -0.4 is 14.8 Å². The van der Waals surface area contributed by atoms with Crippen LogP contribution in [0.1, 0.15) is 16.9 Å². The highest BCUT2D eigenvalue weighted by Crippen LogP contribution is 2.34. The van der Waals surface area contributed by atoms with Gasteiger partial charge < -0.3 is 19.7 Å². The third kappa shape index (κ3) is 4.71. The molecule has 3 aromatic carbocycles. The molecular weight excluding hydrogens is 440 g/mol. The maximum Gasteiger partial charge on any atom is 0.275 e. The number of amides is 1. The van der Waals surface area contributed by atoms with E-state index in [4.69, 9.17) is 14.6 Å². The number of methoxy groups -OCH3 is 2. The second-order valence-corrected chi connectivity index (χ2v) is 8.49. The fourth-order valence-electron chi connectivity index (χ4n) is 4.44. The Morgan fingerprint density at radius 2 is 1.66 bits per heavy atom. The van der Waals surface area contributed by atoms with E-state index >= 15 is 0 Å². The molecule has 1 N–H and O–H groups in total. The Hall–Kier alpha value is -4.26. The van der Waals surface area contributed by atoms with Crippen LogP contribution in [0.2, 0.25) is 0 Å². The Balaban J connectivity index is 1.47. The normalized spacial score (nSPS) is 15.1. The van der Waals surface area contributed by atoms with Crippen molar-refractivity contribution in [1.29, 1.82) is 0 Å². The number of anilines is 1. The molecule has 1 fully saturated rings. The molecule has 1 aliphatic heterocycles. The van der Waals surface area contributed by atoms with Gasteiger partial charge in [-0.05, 0) is 48.4 Å². The number of carbonyl (C=O) groups excluding carboxylic acids is 1. The topological polar surface area (TPSA) is 68.6 Å². The highest BCUT2D eigenvalue weighted by atomic mass is 16.5. The maximum atomic E-state index is 13.7. The Labute approximate surface area is 204 Å². The first-order chi connectivity index (χ1) is 17.2. The second kappa shape index (κ2) is 9.93. The van der Waals surface area contributed by atoms with E-state index in [0.717, 1.165) is 28.9 Å². The van der Waals surface area contributed by atoms with Gasteiger partial charge in [0.25, 0.3) is 5.91 Å². The lowest BCUT2D eigenvalue weighted by Gasteiger charge is -2.17. The van der Waals surface area contributed by atoms with Crippen molar-refractivity contribution in [3.8, 4) is 28.3 Å². The van der Waals surface area contributed by atoms with E-state index in [2.05, 4.69) is 5.32 Å². The first-order valence-corrected chi connectivity index (χ1v) is 11.6. The van der Waals surface area contributed by atoms with Crippen molar-refractivity contribution < 1.29 is 14.3 Å². The number of likely N-dealkylation sites (tertiary alicyclic amines) is 1. The fraction of sp³-hybridized carbons (Fsp3) is 0.214. The van der Waals surface area contributed by atoms with Crippen molar-refractivity contribution in [2.24, 2.45) is 0 Å². The molecule has 1 aromatic heterocycles. The lowest BCUT2D eigenvalue weighted by molar-refractivity contribution is 0.0786. The van der Waals surface area contributed by atoms with Crippen molar-refractivity contribution >= 4 is 11.6 Å². The summed E-state index contributed by atoms with van der Waals surface area (Å²) in [6, 6.07) is 25.7. The van der Waals surface area contributed by atoms with Crippen molar-refractivity contribution in [3.63, 3.8) is 0 Å². The van der Waals surface area contributed by atoms with Crippen molar-refractivity contribution in [2.45, 2.75) is 12.5 Å². The van der Waals surface area contributed by atoms with Gasteiger partial charge in [-0.1, -0.05) is 42.5 Å². The smallest absolute Gasteiger partial charge is 0.275 e. The van der Waals surface area contributed by atoms with E-state index in [9.17, 15) is 4.79 Å². The molecule has 178 valence electrons. The number of rotatable bonds is 7. The number of hydrogen-bond donors (Lipinski definition) is 1. The summed E-state index contributed by atoms with van der Waals surface area (Å²) in [6.07, 6.45) is 2.78. The van der Waals surface area contributed by atoms with Gasteiger partial charge in [0.1, 0.15) is 0 Å². The van der Waals surface area contributed by atoms with Crippen LogP contribution in [0.25, 0.3) is 16.8 Å². The molecular formula is C28H28N4O3. The van der Waals surface area contributed by atoms with Crippen LogP contribution in [0.5, 0.6) is 11.5 Å². The number of para-hydroxylation sites is 2. The Bertz CT molecular complexity index is 1300. The summed E-state index contributed by atoms with van der Waals surface area (Å²) in [5, 5.41) is 8.27. The average molecular weight is 469 g/mol. The lowest BCUT2D eigenvalue weighted by Crippen LogP contribution is -2.32. The standard InChI is InChI=1S/C28H28N4O3/c1-34-25-14-13-20(17-26(25)35-2)24-19-32(23-11-7-4-8-12-23)30-27(24)28(33)31-16-15-22(18-31)29-21-9-5-3-6-10-21/h3-14,17,19,22,29H,15-16,18H2,1-2H3. The zero-order chi connectivity index (χ0) is 24.2. The van der Waals surface area contributed by atoms with E-state index in [1.165, 1.54) is 0 Å². The van der Waals surface area contributed by atoms with E-state index in [0.29, 0.717) is 30.3 Å². The monoisotopic (exact) mass is 468 g/mol. The Morgan fingerprint density at radius 3 is 2.37 bits per heavy atom. The molecule has 4 aromatic rings. The number of aromatic nitrogens is 2. The second-order valence-electron chi connectivity index (χ2n) is 8.49. The molecule has 7 heteroatoms. The predicted molar refractivity (Wildman–Crippen MR) is 136 cm³/mol. The number of carbonyl (C=O) groups is 1. The van der Waals surface area contributed by atoms with Gasteiger partial charge >= 0.3 is 0 Å². The van der Waals surface area contributed by atoms with E-state index in [-0.39, 0.29) is 11.9 Å². The summed E-state index contributed by atoms with van der Waals surface area (Å²) in [5.41, 5.74) is 3.96. The van der Waals surface area contributed by atoms with Crippen LogP contribution in [-0.2, 0) is 0 Å². The van der Waals surface area contributed by atoms with E-state index in [1.807, 2.05) is 90.0 Å². The predicted octanol–water partition coefficient (Wildman–Crippen LogP) is 4.88. The van der Waals surface area contributed by atoms with Crippen molar-refractivity contribution in [1.82, 2.24) is 14.7 Å². The van der Waals surface area contributed by atoms with Crippen LogP contribution in [0.15, 0.2) is 85.1 Å². The minimum Gasteiger partial charge on any atom is -0.493 e. The number of nitrogens with zero attached hydrogens (tertiary/aromatic N) is 3. The number of benzene rings is 3. The summed E-state index contributed by atoms with van der Waals surface area (Å²) in [5.74, 6) is 1.15. The van der Waals surface area contributed by atoms with E-state index < -0.39 is 0 Å². The zero-order valence-corrected chi connectivity index (χ0v) is 19.8. The third-order valence-corrected chi connectivity index (χ3v) is 6.25. The molecule has 0 aliphatic carbocycles. The van der Waals surface area contributed by atoms with Gasteiger partial charge in [0.2, 0.25) is 0 Å². The van der Waals surface area contributed by atoms with Gasteiger partial charge in [-0.25, -0.2) is 4.68 Å². The molecule has 0 bridgehead atoms. The number of hydrogen-bond acceptors (Lipinski definition) is 5. The van der Waals surface area contributed by atoms with Crippen molar-refractivity contribution in [3.05, 3.63) is 90.8 Å². The molecule has 5 rings (SSSR count). The van der Waals surface area contributed by atoms with Crippen LogP contribution in [0.4, 0.5) is 5.69 Å². The summed E-state index contributed by atoms with van der Waals surface area (Å²) >= 11 is 0. The Morgan fingerprint density at radius 1 is 0.943 bits per heavy atom. The van der Waals surface area contributed by atoms with Crippen LogP contribution in [0, 0.1) is 0 Å². The van der Waals surface area contributed by atoms with Gasteiger partial charge in [-0.2, -0.15) is 5.10 Å². The summed E-state index contributed by atoms with van der Waals surface area (Å²) in [4.78, 5) is 15.6. The molecule has 35 heavy (non-hydrogen) atoms. The third-order valence-electron chi connectivity index (χ3n) is 6.25. The van der Waals surface area contributed by atoms with Gasteiger partial charge in [0.15, 0.2) is 17.2 Å². The highest BCUT2D eigenvalue weighted by Gasteiger charge is 2.30. The first kappa shape index (κ1) is 22.5. The summed E-state index contributed by atoms with van der Waals surface area (Å²) < 4.78 is 12.7. The van der Waals surface area contributed by atoms with Crippen LogP contribution in [-0.4, -0.2) is 53.9 Å². The first-order valence-electron chi connectivity index (χ1n) is 11.6. The minimum absolute atomic E-state index is 0.0816. The Kier molecular flexibility index (Phi) is 6.39. The average Bonchev–Trinajstić information content (AvgIpc) is 3.57. The molecule has 1 saturated heterocycles.